The monoisotopic (exact) mass is 340 g/mol. The Bertz CT molecular complexity index is 914. The number of hydrogen-bond donors (Lipinski definition) is 1. The number of nitrogens with one attached hydrogen (secondary N) is 1. The molecule has 0 saturated heterocycles. The Labute approximate surface area is 143 Å². The topological polar surface area (TPSA) is 116 Å². The van der Waals surface area contributed by atoms with Crippen molar-refractivity contribution in [1.29, 1.82) is 0 Å². The van der Waals surface area contributed by atoms with E-state index in [-0.39, 0.29) is 5.69 Å². The minimum absolute atomic E-state index is 0.0655. The van der Waals surface area contributed by atoms with Gasteiger partial charge in [0.1, 0.15) is 0 Å². The summed E-state index contributed by atoms with van der Waals surface area (Å²) in [4.78, 5) is 27.4. The number of nitrogens with zero attached hydrogens (tertiary/aromatic N) is 5. The van der Waals surface area contributed by atoms with E-state index in [2.05, 4.69) is 25.3 Å². The quantitative estimate of drug-likeness (QED) is 0.537. The Morgan fingerprint density at radius 2 is 1.96 bits per heavy atom. The second-order valence-electron chi connectivity index (χ2n) is 5.31. The molecule has 0 aliphatic heterocycles. The summed E-state index contributed by atoms with van der Waals surface area (Å²) in [7, 11) is 1.71. The lowest BCUT2D eigenvalue weighted by Gasteiger charge is -2.09. The van der Waals surface area contributed by atoms with Gasteiger partial charge in [-0.15, -0.1) is 0 Å². The van der Waals surface area contributed by atoms with Crippen LogP contribution in [0.15, 0.2) is 30.5 Å². The van der Waals surface area contributed by atoms with Crippen LogP contribution in [0.2, 0.25) is 0 Å². The number of nitro groups is 1. The third kappa shape index (κ3) is 3.77. The lowest BCUT2D eigenvalue weighted by molar-refractivity contribution is -0.384. The molecule has 3 rings (SSSR count). The van der Waals surface area contributed by atoms with Crippen LogP contribution in [0.1, 0.15) is 11.3 Å². The molecule has 0 saturated carbocycles. The van der Waals surface area contributed by atoms with Crippen LogP contribution in [0.4, 0.5) is 11.6 Å². The maximum absolute atomic E-state index is 10.7. The van der Waals surface area contributed by atoms with Crippen LogP contribution in [0.3, 0.4) is 0 Å². The molecule has 0 spiro atoms. The Kier molecular flexibility index (Phi) is 4.64. The Balaban J connectivity index is 1.75. The number of nitro benzene ring substituents is 1. The number of hydrogen-bond acceptors (Lipinski definition) is 8. The van der Waals surface area contributed by atoms with Crippen LogP contribution in [0.25, 0.3) is 11.2 Å². The number of rotatable bonds is 6. The molecular formula is C16H16N6O3. The maximum atomic E-state index is 10.7. The Hall–Kier alpha value is -3.36. The molecule has 0 unspecified atom stereocenters. The van der Waals surface area contributed by atoms with Crippen molar-refractivity contribution in [3.05, 3.63) is 51.8 Å². The molecular weight excluding hydrogens is 324 g/mol. The maximum Gasteiger partial charge on any atom is 0.269 e. The van der Waals surface area contributed by atoms with Crippen molar-refractivity contribution >= 4 is 22.8 Å². The first-order valence-corrected chi connectivity index (χ1v) is 7.62. The number of ether oxygens (including phenoxy) is 1. The van der Waals surface area contributed by atoms with E-state index in [4.69, 9.17) is 4.74 Å². The van der Waals surface area contributed by atoms with Gasteiger partial charge in [0, 0.05) is 31.8 Å². The minimum atomic E-state index is -0.423. The standard InChI is InChI=1S/C16H16N6O3/c1-10-9-18-13-14(19-10)20-16(17-2)21-15(13)25-8-7-11-3-5-12(6-4-11)22(23)24/h3-6,9H,7-8H2,1-2H3,(H,17,19,20,21). The van der Waals surface area contributed by atoms with Gasteiger partial charge in [-0.1, -0.05) is 12.1 Å². The summed E-state index contributed by atoms with van der Waals surface area (Å²) in [5, 5.41) is 13.5. The molecule has 25 heavy (non-hydrogen) atoms. The van der Waals surface area contributed by atoms with Gasteiger partial charge in [-0.3, -0.25) is 10.1 Å². The largest absolute Gasteiger partial charge is 0.476 e. The van der Waals surface area contributed by atoms with Gasteiger partial charge < -0.3 is 10.1 Å². The summed E-state index contributed by atoms with van der Waals surface area (Å²) in [6, 6.07) is 6.37. The summed E-state index contributed by atoms with van der Waals surface area (Å²) in [6.07, 6.45) is 2.21. The molecule has 0 atom stereocenters. The van der Waals surface area contributed by atoms with Crippen molar-refractivity contribution in [1.82, 2.24) is 19.9 Å². The summed E-state index contributed by atoms with van der Waals surface area (Å²) in [5.41, 5.74) is 2.71. The molecule has 2 aromatic heterocycles. The van der Waals surface area contributed by atoms with Gasteiger partial charge >= 0.3 is 0 Å². The molecule has 0 radical (unpaired) electrons. The fourth-order valence-electron chi connectivity index (χ4n) is 2.23. The fourth-order valence-corrected chi connectivity index (χ4v) is 2.23. The first-order chi connectivity index (χ1) is 12.1. The third-order valence-electron chi connectivity index (χ3n) is 3.50. The van der Waals surface area contributed by atoms with E-state index in [1.807, 2.05) is 6.92 Å². The fraction of sp³-hybridized carbons (Fsp3) is 0.250. The highest BCUT2D eigenvalue weighted by atomic mass is 16.6. The number of aromatic nitrogens is 4. The van der Waals surface area contributed by atoms with E-state index in [0.29, 0.717) is 36.0 Å². The number of fused-ring (bicyclic) bond motifs is 1. The zero-order valence-corrected chi connectivity index (χ0v) is 13.8. The second-order valence-corrected chi connectivity index (χ2v) is 5.31. The van der Waals surface area contributed by atoms with Gasteiger partial charge in [0.25, 0.3) is 5.69 Å². The van der Waals surface area contributed by atoms with Crippen LogP contribution in [-0.4, -0.2) is 38.5 Å². The van der Waals surface area contributed by atoms with E-state index < -0.39 is 4.92 Å². The van der Waals surface area contributed by atoms with Crippen molar-refractivity contribution in [2.45, 2.75) is 13.3 Å². The highest BCUT2D eigenvalue weighted by Gasteiger charge is 2.11. The van der Waals surface area contributed by atoms with Gasteiger partial charge in [0.05, 0.1) is 17.2 Å². The average molecular weight is 340 g/mol. The molecule has 9 nitrogen and oxygen atoms in total. The van der Waals surface area contributed by atoms with E-state index in [1.54, 1.807) is 25.4 Å². The predicted molar refractivity (Wildman–Crippen MR) is 91.7 cm³/mol. The Morgan fingerprint density at radius 3 is 2.64 bits per heavy atom. The van der Waals surface area contributed by atoms with E-state index >= 15 is 0 Å². The minimum Gasteiger partial charge on any atom is -0.476 e. The average Bonchev–Trinajstić information content (AvgIpc) is 2.61. The molecule has 1 N–H and O–H groups in total. The van der Waals surface area contributed by atoms with E-state index in [0.717, 1.165) is 11.3 Å². The lowest BCUT2D eigenvalue weighted by Crippen LogP contribution is -2.07. The third-order valence-corrected chi connectivity index (χ3v) is 3.50. The summed E-state index contributed by atoms with van der Waals surface area (Å²) < 4.78 is 5.76. The molecule has 2 heterocycles. The second kappa shape index (κ2) is 7.04. The van der Waals surface area contributed by atoms with Crippen LogP contribution in [-0.2, 0) is 6.42 Å². The molecule has 0 amide bonds. The smallest absolute Gasteiger partial charge is 0.269 e. The lowest BCUT2D eigenvalue weighted by atomic mass is 10.1. The van der Waals surface area contributed by atoms with Gasteiger partial charge in [-0.25, -0.2) is 9.97 Å². The van der Waals surface area contributed by atoms with Gasteiger partial charge in [0.2, 0.25) is 11.8 Å². The Morgan fingerprint density at radius 1 is 1.20 bits per heavy atom. The highest BCUT2D eigenvalue weighted by molar-refractivity contribution is 5.76. The first kappa shape index (κ1) is 16.5. The van der Waals surface area contributed by atoms with Gasteiger partial charge in [-0.05, 0) is 12.5 Å². The van der Waals surface area contributed by atoms with E-state index in [9.17, 15) is 10.1 Å². The zero-order chi connectivity index (χ0) is 17.8. The van der Waals surface area contributed by atoms with E-state index in [1.165, 1.54) is 12.1 Å². The molecule has 0 aliphatic rings. The summed E-state index contributed by atoms with van der Waals surface area (Å²) in [6.45, 7) is 2.19. The van der Waals surface area contributed by atoms with Crippen molar-refractivity contribution in [2.24, 2.45) is 0 Å². The highest BCUT2D eigenvalue weighted by Crippen LogP contribution is 2.21. The first-order valence-electron chi connectivity index (χ1n) is 7.62. The molecule has 0 bridgehead atoms. The van der Waals surface area contributed by atoms with Crippen LogP contribution >= 0.6 is 0 Å². The van der Waals surface area contributed by atoms with Gasteiger partial charge in [0.15, 0.2) is 11.2 Å². The molecule has 3 aromatic rings. The van der Waals surface area contributed by atoms with Crippen molar-refractivity contribution in [3.8, 4) is 5.88 Å². The molecule has 0 fully saturated rings. The molecule has 9 heteroatoms. The normalized spacial score (nSPS) is 10.6. The van der Waals surface area contributed by atoms with Crippen molar-refractivity contribution in [3.63, 3.8) is 0 Å². The number of benzene rings is 1. The van der Waals surface area contributed by atoms with Crippen LogP contribution in [0, 0.1) is 17.0 Å². The number of aryl methyl sites for hydroxylation is 1. The summed E-state index contributed by atoms with van der Waals surface area (Å²) in [5.74, 6) is 0.751. The van der Waals surface area contributed by atoms with Gasteiger partial charge in [-0.2, -0.15) is 9.97 Å². The van der Waals surface area contributed by atoms with Crippen molar-refractivity contribution < 1.29 is 9.66 Å². The molecule has 0 aliphatic carbocycles. The van der Waals surface area contributed by atoms with Crippen LogP contribution < -0.4 is 10.1 Å². The molecule has 128 valence electrons. The van der Waals surface area contributed by atoms with Crippen LogP contribution in [0.5, 0.6) is 5.88 Å². The molecule has 1 aromatic carbocycles. The van der Waals surface area contributed by atoms with Crippen molar-refractivity contribution in [2.75, 3.05) is 19.0 Å². The zero-order valence-electron chi connectivity index (χ0n) is 13.8. The summed E-state index contributed by atoms with van der Waals surface area (Å²) >= 11 is 0. The number of non-ortho nitro benzene ring substituents is 1. The number of anilines is 1. The predicted octanol–water partition coefficient (Wildman–Crippen LogP) is 2.30. The SMILES string of the molecule is CNc1nc(OCCc2ccc([N+](=O)[O-])cc2)c2ncc(C)nc2n1.